The van der Waals surface area contributed by atoms with E-state index in [4.69, 9.17) is 43.4 Å². The van der Waals surface area contributed by atoms with Crippen molar-refractivity contribution in [3.8, 4) is 0 Å². The molecule has 3 rings (SSSR count). The van der Waals surface area contributed by atoms with Crippen molar-refractivity contribution in [2.75, 3.05) is 60.5 Å². The van der Waals surface area contributed by atoms with Crippen LogP contribution in [0.3, 0.4) is 0 Å². The van der Waals surface area contributed by atoms with Gasteiger partial charge in [0.25, 0.3) is 0 Å². The third-order valence-corrected chi connectivity index (χ3v) is 7.49. The topological polar surface area (TPSA) is 244 Å². The molecule has 0 spiro atoms. The van der Waals surface area contributed by atoms with Crippen LogP contribution in [0.4, 0.5) is 0 Å². The number of ether oxygens (including phenoxy) is 7. The van der Waals surface area contributed by atoms with Gasteiger partial charge in [0, 0.05) is 46.2 Å². The van der Waals surface area contributed by atoms with Crippen molar-refractivity contribution in [3.63, 3.8) is 0 Å². The first-order chi connectivity index (χ1) is 20.9. The molecule has 3 aliphatic rings. The molecule has 0 aromatic heterocycles. The molecule has 0 aromatic carbocycles. The highest BCUT2D eigenvalue weighted by Crippen LogP contribution is 2.27. The minimum atomic E-state index is -1.28. The number of aliphatic hydroxyl groups is 7. The van der Waals surface area contributed by atoms with Gasteiger partial charge in [0.1, 0.15) is 24.4 Å². The smallest absolute Gasteiger partial charge is 0.335 e. The molecule has 3 fully saturated rings. The third kappa shape index (κ3) is 13.0. The Morgan fingerprint density at radius 2 is 1.18 bits per heavy atom. The van der Waals surface area contributed by atoms with E-state index in [2.05, 4.69) is 0 Å². The lowest BCUT2D eigenvalue weighted by Gasteiger charge is -2.41. The Balaban J connectivity index is 0.000000331. The van der Waals surface area contributed by atoms with Gasteiger partial charge in [-0.3, -0.25) is 0 Å². The molecule has 16 nitrogen and oxygen atoms in total. The molecule has 3 saturated heterocycles. The second-order valence-corrected chi connectivity index (χ2v) is 10.8. The van der Waals surface area contributed by atoms with Crippen LogP contribution in [0.15, 0.2) is 0 Å². The van der Waals surface area contributed by atoms with Gasteiger partial charge in [-0.15, -0.1) is 0 Å². The minimum Gasteiger partial charge on any atom is -0.479 e. The monoisotopic (exact) mass is 646 g/mol. The number of carboxylic acid groups (broad SMARTS) is 1. The fraction of sp³-hybridized carbons (Fsp3) is 0.964. The molecule has 3 heterocycles. The van der Waals surface area contributed by atoms with E-state index in [0.29, 0.717) is 33.0 Å². The van der Waals surface area contributed by atoms with Gasteiger partial charge in [0.05, 0.1) is 75.8 Å². The summed E-state index contributed by atoms with van der Waals surface area (Å²) in [5.41, 5.74) is 0. The molecule has 0 aromatic rings. The summed E-state index contributed by atoms with van der Waals surface area (Å²) in [6.07, 6.45) is -8.54. The summed E-state index contributed by atoms with van der Waals surface area (Å²) >= 11 is 0. The molecule has 0 amide bonds. The maximum Gasteiger partial charge on any atom is 0.335 e. The van der Waals surface area contributed by atoms with Crippen molar-refractivity contribution in [3.05, 3.63) is 0 Å². The van der Waals surface area contributed by atoms with E-state index in [-0.39, 0.29) is 38.1 Å². The number of hydrogen-bond acceptors (Lipinski definition) is 15. The number of aliphatic carboxylic acids is 1. The zero-order valence-electron chi connectivity index (χ0n) is 26.2. The fourth-order valence-electron chi connectivity index (χ4n) is 4.96. The first-order valence-corrected chi connectivity index (χ1v) is 14.9. The zero-order valence-corrected chi connectivity index (χ0v) is 26.2. The summed E-state index contributed by atoms with van der Waals surface area (Å²) in [4.78, 5) is 10.6. The normalized spacial score (nSPS) is 39.0. The number of hydrogen-bond donors (Lipinski definition) is 8. The Bertz CT molecular complexity index is 761. The van der Waals surface area contributed by atoms with Gasteiger partial charge >= 0.3 is 5.97 Å². The molecule has 13 atom stereocenters. The van der Waals surface area contributed by atoms with Crippen molar-refractivity contribution in [1.29, 1.82) is 0 Å². The Labute approximate surface area is 258 Å². The van der Waals surface area contributed by atoms with Crippen LogP contribution in [0.25, 0.3) is 0 Å². The Hall–Kier alpha value is -1.09. The zero-order chi connectivity index (χ0) is 33.4. The van der Waals surface area contributed by atoms with Crippen LogP contribution in [0.2, 0.25) is 0 Å². The summed E-state index contributed by atoms with van der Waals surface area (Å²) in [7, 11) is 2.98. The number of carboxylic acids is 1. The predicted molar refractivity (Wildman–Crippen MR) is 152 cm³/mol. The van der Waals surface area contributed by atoms with Gasteiger partial charge in [-0.1, -0.05) is 0 Å². The molecule has 262 valence electrons. The quantitative estimate of drug-likeness (QED) is 0.107. The molecule has 0 aliphatic carbocycles. The third-order valence-electron chi connectivity index (χ3n) is 7.49. The van der Waals surface area contributed by atoms with Crippen LogP contribution in [0.1, 0.15) is 33.6 Å². The summed E-state index contributed by atoms with van der Waals surface area (Å²) in [5.74, 6) is -1.55. The first kappa shape index (κ1) is 40.9. The van der Waals surface area contributed by atoms with E-state index in [1.165, 1.54) is 7.11 Å². The molecule has 44 heavy (non-hydrogen) atoms. The van der Waals surface area contributed by atoms with E-state index in [0.717, 1.165) is 0 Å². The number of carbonyl (C=O) groups is 1. The Kier molecular flexibility index (Phi) is 20.1. The van der Waals surface area contributed by atoms with Gasteiger partial charge in [0.2, 0.25) is 0 Å². The van der Waals surface area contributed by atoms with Gasteiger partial charge < -0.3 is 74.0 Å². The lowest BCUT2D eigenvalue weighted by atomic mass is 9.87. The summed E-state index contributed by atoms with van der Waals surface area (Å²) < 4.78 is 35.9. The van der Waals surface area contributed by atoms with E-state index in [1.54, 1.807) is 14.0 Å². The van der Waals surface area contributed by atoms with E-state index < -0.39 is 73.1 Å². The average molecular weight is 647 g/mol. The van der Waals surface area contributed by atoms with Crippen molar-refractivity contribution >= 4 is 5.97 Å². The second-order valence-electron chi connectivity index (χ2n) is 10.8. The van der Waals surface area contributed by atoms with E-state index in [1.807, 2.05) is 13.8 Å². The van der Waals surface area contributed by atoms with Crippen molar-refractivity contribution in [1.82, 2.24) is 0 Å². The predicted octanol–water partition coefficient (Wildman–Crippen LogP) is -2.71. The largest absolute Gasteiger partial charge is 0.479 e. The van der Waals surface area contributed by atoms with Crippen LogP contribution < -0.4 is 0 Å². The molecular weight excluding hydrogens is 592 g/mol. The highest BCUT2D eigenvalue weighted by atomic mass is 16.6. The average Bonchev–Trinajstić information content (AvgIpc) is 2.98. The van der Waals surface area contributed by atoms with E-state index in [9.17, 15) is 35.4 Å². The summed E-state index contributed by atoms with van der Waals surface area (Å²) in [5, 5.41) is 75.1. The molecule has 0 bridgehead atoms. The van der Waals surface area contributed by atoms with Gasteiger partial charge in [0.15, 0.2) is 6.10 Å². The molecule has 16 heteroatoms. The van der Waals surface area contributed by atoms with Gasteiger partial charge in [-0.2, -0.15) is 0 Å². The number of aliphatic hydroxyl groups excluding tert-OH is 7. The molecule has 8 N–H and O–H groups in total. The maximum atomic E-state index is 10.6. The SMILES string of the molecule is CCOCC1OC(C)C(O)C(COC)C1O.CCOCC1OC(CO)C(O)CC1O.COCC1OC(C(=O)O)C(O)CC1O. The van der Waals surface area contributed by atoms with Crippen LogP contribution in [-0.2, 0) is 38.0 Å². The van der Waals surface area contributed by atoms with Gasteiger partial charge in [-0.05, 0) is 20.8 Å². The number of methoxy groups -OCH3 is 2. The van der Waals surface area contributed by atoms with Crippen molar-refractivity contribution < 1.29 is 78.8 Å². The highest BCUT2D eigenvalue weighted by molar-refractivity contribution is 5.73. The van der Waals surface area contributed by atoms with Crippen molar-refractivity contribution in [2.45, 2.75) is 107 Å². The van der Waals surface area contributed by atoms with Crippen molar-refractivity contribution in [2.24, 2.45) is 5.92 Å². The highest BCUT2D eigenvalue weighted by Gasteiger charge is 2.43. The first-order valence-electron chi connectivity index (χ1n) is 14.9. The minimum absolute atomic E-state index is 0.00894. The Morgan fingerprint density at radius 1 is 0.682 bits per heavy atom. The van der Waals surface area contributed by atoms with E-state index >= 15 is 0 Å². The molecule has 0 saturated carbocycles. The Morgan fingerprint density at radius 3 is 1.68 bits per heavy atom. The lowest BCUT2D eigenvalue weighted by molar-refractivity contribution is -0.215. The number of rotatable bonds is 12. The molecule has 0 radical (unpaired) electrons. The summed E-state index contributed by atoms with van der Waals surface area (Å²) in [6, 6.07) is 0. The van der Waals surface area contributed by atoms with Crippen LogP contribution in [0, 0.1) is 5.92 Å². The van der Waals surface area contributed by atoms with Gasteiger partial charge in [-0.25, -0.2) is 4.79 Å². The summed E-state index contributed by atoms with van der Waals surface area (Å²) in [6.45, 7) is 7.49. The molecular formula is C28H54O16. The maximum absolute atomic E-state index is 10.6. The second kappa shape index (κ2) is 21.7. The van der Waals surface area contributed by atoms with Crippen LogP contribution in [0.5, 0.6) is 0 Å². The van der Waals surface area contributed by atoms with Crippen LogP contribution >= 0.6 is 0 Å². The standard InChI is InChI=1S/C11H22O5.C9H18O5.C8H14O6/c1-4-15-6-9-11(13)8(5-14-3)10(12)7(2)16-9;1-2-13-5-9-7(12)3-6(11)8(4-10)14-9;1-13-3-6-4(9)2-5(10)7(14-6)8(11)12/h7-13H,4-6H2,1-3H3;6-12H,2-5H2,1H3;4-7,9-10H,2-3H2,1H3,(H,11,12). The molecule has 13 unspecified atom stereocenters. The molecule has 3 aliphatic heterocycles. The fourth-order valence-corrected chi connectivity index (χ4v) is 4.96. The lowest BCUT2D eigenvalue weighted by Crippen LogP contribution is -2.55. The van der Waals surface area contributed by atoms with Crippen LogP contribution in [-0.4, -0.2) is 181 Å².